The molecule has 0 bridgehead atoms. The fourth-order valence-corrected chi connectivity index (χ4v) is 6.56. The van der Waals surface area contributed by atoms with Crippen LogP contribution < -0.4 is 4.74 Å². The van der Waals surface area contributed by atoms with Crippen LogP contribution in [0.1, 0.15) is 43.8 Å². The van der Waals surface area contributed by atoms with Gasteiger partial charge in [0.25, 0.3) is 0 Å². The van der Waals surface area contributed by atoms with E-state index in [4.69, 9.17) is 16.3 Å². The lowest BCUT2D eigenvalue weighted by atomic mass is 9.79. The molecule has 2 heterocycles. The summed E-state index contributed by atoms with van der Waals surface area (Å²) >= 11 is 8.05. The third-order valence-corrected chi connectivity index (χ3v) is 8.85. The summed E-state index contributed by atoms with van der Waals surface area (Å²) in [5.41, 5.74) is 1.69. The highest BCUT2D eigenvalue weighted by Gasteiger charge is 2.30. The van der Waals surface area contributed by atoms with Gasteiger partial charge in [-0.05, 0) is 86.0 Å². The number of methoxy groups -OCH3 is 1. The maximum absolute atomic E-state index is 11.3. The van der Waals surface area contributed by atoms with E-state index in [1.54, 1.807) is 25.1 Å². The van der Waals surface area contributed by atoms with E-state index < -0.39 is 12.1 Å². The van der Waals surface area contributed by atoms with Crippen LogP contribution in [0.3, 0.4) is 0 Å². The van der Waals surface area contributed by atoms with Gasteiger partial charge in [-0.1, -0.05) is 23.7 Å². The normalized spacial score (nSPS) is 19.1. The summed E-state index contributed by atoms with van der Waals surface area (Å²) in [4.78, 5) is 19.3. The summed E-state index contributed by atoms with van der Waals surface area (Å²) in [5, 5.41) is 22.1. The van der Waals surface area contributed by atoms with E-state index in [-0.39, 0.29) is 6.42 Å². The molecule has 1 aliphatic heterocycles. The fraction of sp³-hybridized carbons (Fsp3) is 0.448. The number of piperidine rings is 1. The van der Waals surface area contributed by atoms with Gasteiger partial charge in [-0.15, -0.1) is 11.8 Å². The molecule has 1 aliphatic rings. The van der Waals surface area contributed by atoms with E-state index in [2.05, 4.69) is 9.88 Å². The number of thioether (sulfide) groups is 1. The Morgan fingerprint density at radius 1 is 1.22 bits per heavy atom. The van der Waals surface area contributed by atoms with Crippen molar-refractivity contribution in [1.82, 2.24) is 9.88 Å². The Bertz CT molecular complexity index is 1190. The van der Waals surface area contributed by atoms with E-state index in [1.807, 2.05) is 48.5 Å². The van der Waals surface area contributed by atoms with E-state index in [1.165, 1.54) is 0 Å². The number of aliphatic hydroxyl groups is 1. The van der Waals surface area contributed by atoms with Gasteiger partial charge in [0.15, 0.2) is 0 Å². The molecular formula is C29H35ClN2O4S. The topological polar surface area (TPSA) is 82.9 Å². The van der Waals surface area contributed by atoms with Crippen molar-refractivity contribution in [3.63, 3.8) is 0 Å². The lowest BCUT2D eigenvalue weighted by Crippen LogP contribution is -2.41. The van der Waals surface area contributed by atoms with Crippen LogP contribution >= 0.6 is 23.4 Å². The van der Waals surface area contributed by atoms with Crippen molar-refractivity contribution in [2.75, 3.05) is 32.5 Å². The molecule has 3 aromatic rings. The number of pyridine rings is 1. The molecule has 3 atom stereocenters. The molecule has 2 aromatic carbocycles. The maximum Gasteiger partial charge on any atom is 0.303 e. The minimum Gasteiger partial charge on any atom is -0.497 e. The minimum absolute atomic E-state index is 0.181. The quantitative estimate of drug-likeness (QED) is 0.260. The van der Waals surface area contributed by atoms with Gasteiger partial charge in [0, 0.05) is 41.7 Å². The zero-order valence-corrected chi connectivity index (χ0v) is 22.8. The van der Waals surface area contributed by atoms with Crippen molar-refractivity contribution < 1.29 is 19.7 Å². The van der Waals surface area contributed by atoms with E-state index in [0.717, 1.165) is 70.4 Å². The molecular weight excluding hydrogens is 508 g/mol. The molecule has 37 heavy (non-hydrogen) atoms. The number of nitrogens with zero attached hydrogens (tertiary/aromatic N) is 2. The number of aromatic nitrogens is 1. The first-order chi connectivity index (χ1) is 17.9. The Morgan fingerprint density at radius 3 is 2.84 bits per heavy atom. The summed E-state index contributed by atoms with van der Waals surface area (Å²) in [6.45, 7) is 2.83. The number of hydrogen-bond donors (Lipinski definition) is 2. The molecule has 0 amide bonds. The number of ether oxygens (including phenoxy) is 1. The van der Waals surface area contributed by atoms with Crippen LogP contribution in [0.2, 0.25) is 5.02 Å². The molecule has 1 aromatic heterocycles. The standard InChI is InChI=1S/C29H35ClN2O4S/c1-36-22-8-9-26-24(18-22)23(12-14-31-26)27(33)10-6-20-13-15-32(19-21(20)7-11-29(34)35)16-17-37-28-5-3-2-4-25(28)30/h2-5,8-9,12,14,18,20-21,27,33H,6-7,10-11,13,15-17,19H2,1H3,(H,34,35)/t20-,21-,27-/m1/s1. The number of fused-ring (bicyclic) bond motifs is 1. The number of halogens is 1. The summed E-state index contributed by atoms with van der Waals surface area (Å²) in [6, 6.07) is 15.5. The number of aliphatic carboxylic acids is 1. The number of carboxylic acids is 1. The SMILES string of the molecule is COc1ccc2nccc([C@H](O)CC[C@@H]3CCN(CCSc4ccccc4Cl)C[C@H]3CCC(=O)O)c2c1. The third-order valence-electron chi connectivity index (χ3n) is 7.36. The van der Waals surface area contributed by atoms with Crippen molar-refractivity contribution in [3.05, 3.63) is 65.3 Å². The molecule has 1 saturated heterocycles. The molecule has 0 radical (unpaired) electrons. The smallest absolute Gasteiger partial charge is 0.303 e. The molecule has 0 unspecified atom stereocenters. The second-order valence-corrected chi connectivity index (χ2v) is 11.2. The highest BCUT2D eigenvalue weighted by atomic mass is 35.5. The maximum atomic E-state index is 11.3. The predicted molar refractivity (Wildman–Crippen MR) is 150 cm³/mol. The van der Waals surface area contributed by atoms with Crippen molar-refractivity contribution in [2.45, 2.75) is 43.1 Å². The van der Waals surface area contributed by atoms with E-state index >= 15 is 0 Å². The number of benzene rings is 2. The summed E-state index contributed by atoms with van der Waals surface area (Å²) < 4.78 is 5.37. The van der Waals surface area contributed by atoms with Crippen molar-refractivity contribution in [1.29, 1.82) is 0 Å². The van der Waals surface area contributed by atoms with Crippen LogP contribution in [0.15, 0.2) is 59.6 Å². The van der Waals surface area contributed by atoms with Crippen LogP contribution in [0.5, 0.6) is 5.75 Å². The zero-order valence-electron chi connectivity index (χ0n) is 21.2. The molecule has 0 saturated carbocycles. The van der Waals surface area contributed by atoms with Gasteiger partial charge in [0.05, 0.1) is 23.8 Å². The van der Waals surface area contributed by atoms with Crippen LogP contribution in [0.4, 0.5) is 0 Å². The van der Waals surface area contributed by atoms with Crippen LogP contribution in [-0.4, -0.2) is 58.6 Å². The van der Waals surface area contributed by atoms with Gasteiger partial charge >= 0.3 is 5.97 Å². The second kappa shape index (κ2) is 13.5. The Kier molecular flexibility index (Phi) is 10.1. The van der Waals surface area contributed by atoms with Crippen LogP contribution in [-0.2, 0) is 4.79 Å². The zero-order chi connectivity index (χ0) is 26.2. The first-order valence-electron chi connectivity index (χ1n) is 12.9. The molecule has 0 aliphatic carbocycles. The number of aliphatic hydroxyl groups excluding tert-OH is 1. The monoisotopic (exact) mass is 542 g/mol. The third kappa shape index (κ3) is 7.60. The largest absolute Gasteiger partial charge is 0.497 e. The first kappa shape index (κ1) is 27.7. The Morgan fingerprint density at radius 2 is 2.05 bits per heavy atom. The number of rotatable bonds is 12. The van der Waals surface area contributed by atoms with E-state index in [0.29, 0.717) is 24.7 Å². The predicted octanol–water partition coefficient (Wildman–Crippen LogP) is 6.31. The van der Waals surface area contributed by atoms with Gasteiger partial charge in [-0.2, -0.15) is 0 Å². The van der Waals surface area contributed by atoms with Crippen molar-refractivity contribution in [3.8, 4) is 5.75 Å². The second-order valence-electron chi connectivity index (χ2n) is 9.70. The lowest BCUT2D eigenvalue weighted by molar-refractivity contribution is -0.137. The number of hydrogen-bond acceptors (Lipinski definition) is 6. The van der Waals surface area contributed by atoms with Crippen molar-refractivity contribution in [2.24, 2.45) is 11.8 Å². The Labute approximate surface area is 228 Å². The van der Waals surface area contributed by atoms with Gasteiger partial charge in [0.1, 0.15) is 5.75 Å². The highest BCUT2D eigenvalue weighted by molar-refractivity contribution is 7.99. The number of likely N-dealkylation sites (tertiary alicyclic amines) is 1. The summed E-state index contributed by atoms with van der Waals surface area (Å²) in [5.74, 6) is 1.63. The van der Waals surface area contributed by atoms with Gasteiger partial charge in [-0.25, -0.2) is 0 Å². The van der Waals surface area contributed by atoms with Crippen LogP contribution in [0, 0.1) is 11.8 Å². The van der Waals surface area contributed by atoms with Crippen LogP contribution in [0.25, 0.3) is 10.9 Å². The average molecular weight is 543 g/mol. The summed E-state index contributed by atoms with van der Waals surface area (Å²) in [7, 11) is 1.63. The Hall–Kier alpha value is -2.32. The molecule has 6 nitrogen and oxygen atoms in total. The van der Waals surface area contributed by atoms with Gasteiger partial charge < -0.3 is 19.8 Å². The molecule has 198 valence electrons. The Balaban J connectivity index is 1.35. The number of carbonyl (C=O) groups is 1. The average Bonchev–Trinajstić information content (AvgIpc) is 2.91. The summed E-state index contributed by atoms with van der Waals surface area (Å²) in [6.07, 6.45) is 4.48. The number of carboxylic acid groups (broad SMARTS) is 1. The van der Waals surface area contributed by atoms with Crippen molar-refractivity contribution >= 4 is 40.2 Å². The first-order valence-corrected chi connectivity index (χ1v) is 14.2. The minimum atomic E-state index is -0.748. The van der Waals surface area contributed by atoms with Gasteiger partial charge in [0.2, 0.25) is 0 Å². The highest BCUT2D eigenvalue weighted by Crippen LogP contribution is 2.35. The fourth-order valence-electron chi connectivity index (χ4n) is 5.31. The van der Waals surface area contributed by atoms with E-state index in [9.17, 15) is 15.0 Å². The molecule has 4 rings (SSSR count). The molecule has 1 fully saturated rings. The molecule has 0 spiro atoms. The molecule has 8 heteroatoms. The lowest BCUT2D eigenvalue weighted by Gasteiger charge is -2.39. The molecule has 2 N–H and O–H groups in total. The van der Waals surface area contributed by atoms with Gasteiger partial charge in [-0.3, -0.25) is 9.78 Å².